The van der Waals surface area contributed by atoms with Crippen LogP contribution in [0, 0.1) is 3.57 Å². The molecular formula is C14H12INO4S. The van der Waals surface area contributed by atoms with Crippen LogP contribution in [0.5, 0.6) is 0 Å². The van der Waals surface area contributed by atoms with Crippen molar-refractivity contribution in [3.63, 3.8) is 0 Å². The first-order valence-corrected chi connectivity index (χ1v) is 8.46. The summed E-state index contributed by atoms with van der Waals surface area (Å²) in [4.78, 5) is 11.6. The molecule has 0 fully saturated rings. The summed E-state index contributed by atoms with van der Waals surface area (Å²) < 4.78 is 32.8. The van der Waals surface area contributed by atoms with Crippen LogP contribution >= 0.6 is 22.6 Å². The SMILES string of the molecule is COC(=O)c1ccccc1S(=O)(=O)Nc1cccc(I)c1. The molecule has 0 bridgehead atoms. The van der Waals surface area contributed by atoms with E-state index in [9.17, 15) is 13.2 Å². The summed E-state index contributed by atoms with van der Waals surface area (Å²) in [6, 6.07) is 12.8. The highest BCUT2D eigenvalue weighted by Gasteiger charge is 2.22. The summed E-state index contributed by atoms with van der Waals surface area (Å²) in [5, 5.41) is 0. The fraction of sp³-hybridized carbons (Fsp3) is 0.0714. The van der Waals surface area contributed by atoms with Crippen molar-refractivity contribution in [3.8, 4) is 0 Å². The van der Waals surface area contributed by atoms with Crippen LogP contribution in [0.15, 0.2) is 53.4 Å². The lowest BCUT2D eigenvalue weighted by Gasteiger charge is -2.11. The van der Waals surface area contributed by atoms with Gasteiger partial charge in [-0.2, -0.15) is 0 Å². The molecule has 2 aromatic carbocycles. The third-order valence-corrected chi connectivity index (χ3v) is 4.77. The van der Waals surface area contributed by atoms with Gasteiger partial charge in [0, 0.05) is 9.26 Å². The van der Waals surface area contributed by atoms with Crippen LogP contribution in [-0.2, 0) is 14.8 Å². The van der Waals surface area contributed by atoms with Crippen LogP contribution in [0.25, 0.3) is 0 Å². The average molecular weight is 417 g/mol. The molecule has 21 heavy (non-hydrogen) atoms. The second-order valence-corrected chi connectivity index (χ2v) is 7.00. The topological polar surface area (TPSA) is 72.5 Å². The van der Waals surface area contributed by atoms with Gasteiger partial charge in [0.05, 0.1) is 12.7 Å². The number of anilines is 1. The molecule has 0 spiro atoms. The quantitative estimate of drug-likeness (QED) is 0.614. The largest absolute Gasteiger partial charge is 0.465 e. The molecule has 0 aromatic heterocycles. The van der Waals surface area contributed by atoms with Crippen molar-refractivity contribution in [2.75, 3.05) is 11.8 Å². The summed E-state index contributed by atoms with van der Waals surface area (Å²) in [6.45, 7) is 0. The molecule has 7 heteroatoms. The van der Waals surface area contributed by atoms with Crippen LogP contribution in [0.4, 0.5) is 5.69 Å². The zero-order valence-corrected chi connectivity index (χ0v) is 14.0. The second kappa shape index (κ2) is 6.44. The Balaban J connectivity index is 2.43. The van der Waals surface area contributed by atoms with Crippen molar-refractivity contribution >= 4 is 44.3 Å². The molecular weight excluding hydrogens is 405 g/mol. The van der Waals surface area contributed by atoms with Crippen molar-refractivity contribution < 1.29 is 17.9 Å². The van der Waals surface area contributed by atoms with Crippen LogP contribution in [0.3, 0.4) is 0 Å². The molecule has 0 saturated carbocycles. The number of rotatable bonds is 4. The maximum Gasteiger partial charge on any atom is 0.339 e. The first-order chi connectivity index (χ1) is 9.94. The van der Waals surface area contributed by atoms with Gasteiger partial charge in [0.25, 0.3) is 10.0 Å². The van der Waals surface area contributed by atoms with Gasteiger partial charge in [-0.15, -0.1) is 0 Å². The van der Waals surface area contributed by atoms with Crippen molar-refractivity contribution in [3.05, 3.63) is 57.7 Å². The van der Waals surface area contributed by atoms with Crippen LogP contribution in [0.2, 0.25) is 0 Å². The molecule has 0 unspecified atom stereocenters. The van der Waals surface area contributed by atoms with Crippen LogP contribution in [0.1, 0.15) is 10.4 Å². The van der Waals surface area contributed by atoms with Gasteiger partial charge in [-0.05, 0) is 52.9 Å². The lowest BCUT2D eigenvalue weighted by molar-refractivity contribution is 0.0596. The molecule has 0 atom stereocenters. The smallest absolute Gasteiger partial charge is 0.339 e. The Hall–Kier alpha value is -1.61. The van der Waals surface area contributed by atoms with Crippen LogP contribution in [-0.4, -0.2) is 21.5 Å². The minimum Gasteiger partial charge on any atom is -0.465 e. The van der Waals surface area contributed by atoms with E-state index in [0.717, 1.165) is 3.57 Å². The van der Waals surface area contributed by atoms with E-state index in [-0.39, 0.29) is 10.5 Å². The Labute approximate surface area is 136 Å². The fourth-order valence-corrected chi connectivity index (χ4v) is 3.53. The predicted octanol–water partition coefficient (Wildman–Crippen LogP) is 2.88. The molecule has 2 rings (SSSR count). The summed E-state index contributed by atoms with van der Waals surface area (Å²) in [7, 11) is -2.66. The molecule has 0 aliphatic carbocycles. The van der Waals surface area contributed by atoms with Gasteiger partial charge >= 0.3 is 5.97 Å². The normalized spacial score (nSPS) is 11.0. The van der Waals surface area contributed by atoms with E-state index in [1.165, 1.54) is 19.2 Å². The summed E-state index contributed by atoms with van der Waals surface area (Å²) >= 11 is 2.09. The zero-order chi connectivity index (χ0) is 15.5. The molecule has 2 aromatic rings. The number of hydrogen-bond donors (Lipinski definition) is 1. The Morgan fingerprint density at radius 2 is 1.86 bits per heavy atom. The van der Waals surface area contributed by atoms with Gasteiger partial charge in [0.15, 0.2) is 0 Å². The summed E-state index contributed by atoms with van der Waals surface area (Å²) in [5.74, 6) is -0.696. The van der Waals surface area contributed by atoms with Crippen molar-refractivity contribution in [1.29, 1.82) is 0 Å². The van der Waals surface area contributed by atoms with E-state index in [4.69, 9.17) is 0 Å². The third kappa shape index (κ3) is 3.73. The van der Waals surface area contributed by atoms with Gasteiger partial charge in [0.1, 0.15) is 4.90 Å². The first-order valence-electron chi connectivity index (χ1n) is 5.90. The maximum absolute atomic E-state index is 12.4. The number of hydrogen-bond acceptors (Lipinski definition) is 4. The number of nitrogens with one attached hydrogen (secondary N) is 1. The second-order valence-electron chi connectivity index (χ2n) is 4.10. The maximum atomic E-state index is 12.4. The number of benzene rings is 2. The van der Waals surface area contributed by atoms with E-state index in [1.807, 2.05) is 6.07 Å². The van der Waals surface area contributed by atoms with Gasteiger partial charge in [-0.3, -0.25) is 4.72 Å². The summed E-state index contributed by atoms with van der Waals surface area (Å²) in [6.07, 6.45) is 0. The zero-order valence-electron chi connectivity index (χ0n) is 11.0. The number of carbonyl (C=O) groups is 1. The van der Waals surface area contributed by atoms with E-state index in [0.29, 0.717) is 5.69 Å². The van der Waals surface area contributed by atoms with Crippen molar-refractivity contribution in [2.24, 2.45) is 0 Å². The molecule has 0 saturated heterocycles. The number of halogens is 1. The standard InChI is InChI=1S/C14H12INO4S/c1-20-14(17)12-7-2-3-8-13(12)21(18,19)16-11-6-4-5-10(15)9-11/h2-9,16H,1H3. The van der Waals surface area contributed by atoms with E-state index in [2.05, 4.69) is 32.0 Å². The molecule has 0 heterocycles. The highest BCUT2D eigenvalue weighted by Crippen LogP contribution is 2.21. The van der Waals surface area contributed by atoms with Crippen molar-refractivity contribution in [1.82, 2.24) is 0 Å². The van der Waals surface area contributed by atoms with Gasteiger partial charge < -0.3 is 4.74 Å². The Morgan fingerprint density at radius 3 is 2.52 bits per heavy atom. The molecule has 110 valence electrons. The Morgan fingerprint density at radius 1 is 1.14 bits per heavy atom. The monoisotopic (exact) mass is 417 g/mol. The lowest BCUT2D eigenvalue weighted by Crippen LogP contribution is -2.17. The molecule has 1 N–H and O–H groups in total. The predicted molar refractivity (Wildman–Crippen MR) is 87.7 cm³/mol. The molecule has 0 radical (unpaired) electrons. The Kier molecular flexibility index (Phi) is 4.84. The number of ether oxygens (including phenoxy) is 1. The highest BCUT2D eigenvalue weighted by molar-refractivity contribution is 14.1. The minimum absolute atomic E-state index is 0.00173. The minimum atomic E-state index is -3.87. The van der Waals surface area contributed by atoms with Gasteiger partial charge in [-0.25, -0.2) is 13.2 Å². The van der Waals surface area contributed by atoms with E-state index < -0.39 is 16.0 Å². The molecule has 0 aliphatic heterocycles. The third-order valence-electron chi connectivity index (χ3n) is 2.66. The molecule has 0 aliphatic rings. The molecule has 0 amide bonds. The first kappa shape index (κ1) is 15.8. The van der Waals surface area contributed by atoms with Crippen LogP contribution < -0.4 is 4.72 Å². The average Bonchev–Trinajstić information content (AvgIpc) is 2.46. The van der Waals surface area contributed by atoms with Gasteiger partial charge in [0.2, 0.25) is 0 Å². The van der Waals surface area contributed by atoms with Gasteiger partial charge in [-0.1, -0.05) is 18.2 Å². The number of carbonyl (C=O) groups excluding carboxylic acids is 1. The number of esters is 1. The fourth-order valence-electron chi connectivity index (χ4n) is 1.74. The van der Waals surface area contributed by atoms with Crippen molar-refractivity contribution in [2.45, 2.75) is 4.90 Å². The lowest BCUT2D eigenvalue weighted by atomic mass is 10.2. The highest BCUT2D eigenvalue weighted by atomic mass is 127. The van der Waals surface area contributed by atoms with E-state index >= 15 is 0 Å². The Bertz CT molecular complexity index is 774. The number of methoxy groups -OCH3 is 1. The van der Waals surface area contributed by atoms with E-state index in [1.54, 1.807) is 30.3 Å². The molecule has 5 nitrogen and oxygen atoms in total. The summed E-state index contributed by atoms with van der Waals surface area (Å²) in [5.41, 5.74) is 0.430. The number of sulfonamides is 1.